The van der Waals surface area contributed by atoms with Gasteiger partial charge in [0.25, 0.3) is 0 Å². The molecule has 2 rings (SSSR count). The van der Waals surface area contributed by atoms with Crippen LogP contribution in [0.3, 0.4) is 0 Å². The van der Waals surface area contributed by atoms with Crippen LogP contribution in [0.2, 0.25) is 5.02 Å². The standard InChI is InChI=1S/C14H18ClNO2/c1-16(10-6-3-2-4-7-10)13-11(14(17)18)8-5-9-12(13)15/h5,8-10H,2-4,6-7H2,1H3,(H,17,18). The van der Waals surface area contributed by atoms with Crippen LogP contribution in [0.4, 0.5) is 5.69 Å². The van der Waals surface area contributed by atoms with Gasteiger partial charge in [-0.25, -0.2) is 4.79 Å². The first kappa shape index (κ1) is 13.2. The van der Waals surface area contributed by atoms with Crippen LogP contribution >= 0.6 is 11.6 Å². The van der Waals surface area contributed by atoms with Crippen molar-refractivity contribution in [2.45, 2.75) is 38.1 Å². The van der Waals surface area contributed by atoms with E-state index in [2.05, 4.69) is 0 Å². The van der Waals surface area contributed by atoms with Crippen LogP contribution in [0, 0.1) is 0 Å². The predicted molar refractivity (Wildman–Crippen MR) is 73.7 cm³/mol. The second-order valence-corrected chi connectivity index (χ2v) is 5.25. The first-order valence-corrected chi connectivity index (χ1v) is 6.73. The number of aromatic carboxylic acids is 1. The van der Waals surface area contributed by atoms with Gasteiger partial charge in [0, 0.05) is 13.1 Å². The zero-order valence-electron chi connectivity index (χ0n) is 10.5. The number of nitrogens with zero attached hydrogens (tertiary/aromatic N) is 1. The van der Waals surface area contributed by atoms with Gasteiger partial charge in [-0.05, 0) is 25.0 Å². The molecule has 0 atom stereocenters. The number of hydrogen-bond acceptors (Lipinski definition) is 2. The zero-order chi connectivity index (χ0) is 13.1. The maximum absolute atomic E-state index is 11.3. The van der Waals surface area contributed by atoms with E-state index in [1.807, 2.05) is 11.9 Å². The van der Waals surface area contributed by atoms with Crippen LogP contribution in [0.1, 0.15) is 42.5 Å². The molecule has 1 aromatic rings. The van der Waals surface area contributed by atoms with Gasteiger partial charge in [0.1, 0.15) is 0 Å². The molecular formula is C14H18ClNO2. The van der Waals surface area contributed by atoms with E-state index in [-0.39, 0.29) is 5.56 Å². The number of hydrogen-bond donors (Lipinski definition) is 1. The van der Waals surface area contributed by atoms with Crippen molar-refractivity contribution < 1.29 is 9.90 Å². The van der Waals surface area contributed by atoms with E-state index in [1.165, 1.54) is 19.3 Å². The minimum Gasteiger partial charge on any atom is -0.478 e. The lowest BCUT2D eigenvalue weighted by Crippen LogP contribution is -2.34. The van der Waals surface area contributed by atoms with E-state index in [0.29, 0.717) is 16.8 Å². The molecule has 1 fully saturated rings. The summed E-state index contributed by atoms with van der Waals surface area (Å²) >= 11 is 6.18. The Labute approximate surface area is 112 Å². The number of carboxylic acid groups (broad SMARTS) is 1. The molecule has 4 heteroatoms. The molecule has 0 aliphatic heterocycles. The van der Waals surface area contributed by atoms with Crippen LogP contribution in [0.5, 0.6) is 0 Å². The quantitative estimate of drug-likeness (QED) is 0.905. The largest absolute Gasteiger partial charge is 0.478 e. The molecular weight excluding hydrogens is 250 g/mol. The summed E-state index contributed by atoms with van der Waals surface area (Å²) in [6.45, 7) is 0. The zero-order valence-corrected chi connectivity index (χ0v) is 11.3. The number of benzene rings is 1. The number of para-hydroxylation sites is 1. The van der Waals surface area contributed by atoms with Crippen LogP contribution in [0.25, 0.3) is 0 Å². The third kappa shape index (κ3) is 2.61. The van der Waals surface area contributed by atoms with Crippen LogP contribution < -0.4 is 4.90 Å². The molecule has 1 saturated carbocycles. The average molecular weight is 268 g/mol. The molecule has 0 amide bonds. The molecule has 3 nitrogen and oxygen atoms in total. The van der Waals surface area contributed by atoms with Gasteiger partial charge in [-0.2, -0.15) is 0 Å². The SMILES string of the molecule is CN(c1c(Cl)cccc1C(=O)O)C1CCCCC1. The summed E-state index contributed by atoms with van der Waals surface area (Å²) in [5, 5.41) is 9.77. The van der Waals surface area contributed by atoms with Crippen molar-refractivity contribution in [2.24, 2.45) is 0 Å². The normalized spacial score (nSPS) is 16.6. The molecule has 1 aliphatic rings. The summed E-state index contributed by atoms with van der Waals surface area (Å²) in [5.74, 6) is -0.921. The summed E-state index contributed by atoms with van der Waals surface area (Å²) in [6, 6.07) is 5.45. The molecule has 1 aromatic carbocycles. The van der Waals surface area contributed by atoms with Gasteiger partial charge in [0.15, 0.2) is 0 Å². The van der Waals surface area contributed by atoms with E-state index >= 15 is 0 Å². The van der Waals surface area contributed by atoms with Crippen LogP contribution in [-0.4, -0.2) is 24.2 Å². The van der Waals surface area contributed by atoms with Crippen molar-refractivity contribution in [1.29, 1.82) is 0 Å². The Morgan fingerprint density at radius 1 is 1.33 bits per heavy atom. The van der Waals surface area contributed by atoms with Gasteiger partial charge in [-0.15, -0.1) is 0 Å². The van der Waals surface area contributed by atoms with Crippen LogP contribution in [-0.2, 0) is 0 Å². The van der Waals surface area contributed by atoms with E-state index in [0.717, 1.165) is 12.8 Å². The number of rotatable bonds is 3. The predicted octanol–water partition coefficient (Wildman–Crippen LogP) is 3.81. The van der Waals surface area contributed by atoms with Gasteiger partial charge < -0.3 is 10.0 Å². The maximum Gasteiger partial charge on any atom is 0.337 e. The van der Waals surface area contributed by atoms with Gasteiger partial charge in [0.2, 0.25) is 0 Å². The van der Waals surface area contributed by atoms with Crippen LogP contribution in [0.15, 0.2) is 18.2 Å². The monoisotopic (exact) mass is 267 g/mol. The Morgan fingerprint density at radius 2 is 2.00 bits per heavy atom. The van der Waals surface area contributed by atoms with Crippen molar-refractivity contribution in [3.63, 3.8) is 0 Å². The molecule has 0 aromatic heterocycles. The molecule has 0 saturated heterocycles. The number of carbonyl (C=O) groups is 1. The summed E-state index contributed by atoms with van der Waals surface area (Å²) in [6.07, 6.45) is 5.92. The molecule has 0 heterocycles. The van der Waals surface area contributed by atoms with Crippen molar-refractivity contribution in [2.75, 3.05) is 11.9 Å². The Kier molecular flexibility index (Phi) is 4.12. The third-order valence-corrected chi connectivity index (χ3v) is 4.00. The lowest BCUT2D eigenvalue weighted by atomic mass is 9.94. The second-order valence-electron chi connectivity index (χ2n) is 4.84. The first-order chi connectivity index (χ1) is 8.61. The molecule has 1 aliphatic carbocycles. The summed E-state index contributed by atoms with van der Waals surface area (Å²) < 4.78 is 0. The molecule has 0 bridgehead atoms. The number of carboxylic acids is 1. The Balaban J connectivity index is 2.33. The molecule has 1 N–H and O–H groups in total. The van der Waals surface area contributed by atoms with Crippen molar-refractivity contribution in [3.8, 4) is 0 Å². The first-order valence-electron chi connectivity index (χ1n) is 6.36. The van der Waals surface area contributed by atoms with E-state index in [9.17, 15) is 9.90 Å². The number of halogens is 1. The summed E-state index contributed by atoms with van der Waals surface area (Å²) in [7, 11) is 1.95. The fourth-order valence-electron chi connectivity index (χ4n) is 2.70. The van der Waals surface area contributed by atoms with Crippen molar-refractivity contribution in [3.05, 3.63) is 28.8 Å². The van der Waals surface area contributed by atoms with Gasteiger partial charge in [-0.3, -0.25) is 0 Å². The average Bonchev–Trinajstić information content (AvgIpc) is 2.38. The van der Waals surface area contributed by atoms with E-state index < -0.39 is 5.97 Å². The fourth-order valence-corrected chi connectivity index (χ4v) is 3.01. The fraction of sp³-hybridized carbons (Fsp3) is 0.500. The smallest absolute Gasteiger partial charge is 0.337 e. The number of anilines is 1. The van der Waals surface area contributed by atoms with Gasteiger partial charge in [-0.1, -0.05) is 36.9 Å². The van der Waals surface area contributed by atoms with Crippen molar-refractivity contribution in [1.82, 2.24) is 0 Å². The minimum atomic E-state index is -0.921. The van der Waals surface area contributed by atoms with E-state index in [4.69, 9.17) is 11.6 Å². The Morgan fingerprint density at radius 3 is 2.61 bits per heavy atom. The molecule has 0 unspecified atom stereocenters. The highest BCUT2D eigenvalue weighted by atomic mass is 35.5. The van der Waals surface area contributed by atoms with Gasteiger partial charge in [0.05, 0.1) is 16.3 Å². The topological polar surface area (TPSA) is 40.5 Å². The Hall–Kier alpha value is -1.22. The maximum atomic E-state index is 11.3. The highest BCUT2D eigenvalue weighted by Crippen LogP contribution is 2.33. The van der Waals surface area contributed by atoms with E-state index in [1.54, 1.807) is 18.2 Å². The molecule has 98 valence electrons. The molecule has 18 heavy (non-hydrogen) atoms. The lowest BCUT2D eigenvalue weighted by molar-refractivity contribution is 0.0697. The second kappa shape index (κ2) is 5.61. The minimum absolute atomic E-state index is 0.288. The molecule has 0 radical (unpaired) electrons. The Bertz CT molecular complexity index is 441. The highest BCUT2D eigenvalue weighted by Gasteiger charge is 2.23. The summed E-state index contributed by atoms with van der Waals surface area (Å²) in [5.41, 5.74) is 0.939. The van der Waals surface area contributed by atoms with Gasteiger partial charge >= 0.3 is 5.97 Å². The van der Waals surface area contributed by atoms with Crippen molar-refractivity contribution >= 4 is 23.3 Å². The summed E-state index contributed by atoms with van der Waals surface area (Å²) in [4.78, 5) is 13.3. The molecule has 0 spiro atoms. The highest BCUT2D eigenvalue weighted by molar-refractivity contribution is 6.34. The lowest BCUT2D eigenvalue weighted by Gasteiger charge is -2.34. The third-order valence-electron chi connectivity index (χ3n) is 3.69.